The number of hydrogen-bond acceptors (Lipinski definition) is 3. The molecular weight excluding hydrogens is 230 g/mol. The van der Waals surface area contributed by atoms with Gasteiger partial charge < -0.3 is 16.3 Å². The van der Waals surface area contributed by atoms with Crippen molar-refractivity contribution in [3.05, 3.63) is 35.4 Å². The third kappa shape index (κ3) is 3.00. The van der Waals surface area contributed by atoms with E-state index in [1.165, 1.54) is 0 Å². The Bertz CT molecular complexity index is 467. The first-order valence-electron chi connectivity index (χ1n) is 5.70. The summed E-state index contributed by atoms with van der Waals surface area (Å²) < 4.78 is 0. The third-order valence-corrected chi connectivity index (χ3v) is 3.02. The van der Waals surface area contributed by atoms with Crippen LogP contribution in [0.2, 0.25) is 0 Å². The summed E-state index contributed by atoms with van der Waals surface area (Å²) in [6, 6.07) is 7.80. The Morgan fingerprint density at radius 3 is 2.61 bits per heavy atom. The fraction of sp³-hybridized carbons (Fsp3) is 0.385. The molecule has 5 heteroatoms. The molecule has 4 N–H and O–H groups in total. The minimum absolute atomic E-state index is 0.107. The van der Waals surface area contributed by atoms with Crippen LogP contribution in [0.25, 0.3) is 0 Å². The topological polar surface area (TPSA) is 87.7 Å². The van der Waals surface area contributed by atoms with E-state index < -0.39 is 5.41 Å². The van der Waals surface area contributed by atoms with Crippen molar-refractivity contribution in [1.29, 1.82) is 0 Å². The SMILES string of the molecule is Cc1ccccc1CNC(=O)C(C)(C)C(N)=NO. The van der Waals surface area contributed by atoms with Gasteiger partial charge in [-0.15, -0.1) is 0 Å². The maximum absolute atomic E-state index is 12.0. The van der Waals surface area contributed by atoms with Crippen LogP contribution in [-0.4, -0.2) is 17.0 Å². The molecule has 0 bridgehead atoms. The van der Waals surface area contributed by atoms with Crippen molar-refractivity contribution in [2.45, 2.75) is 27.3 Å². The monoisotopic (exact) mass is 249 g/mol. The van der Waals surface area contributed by atoms with E-state index in [4.69, 9.17) is 10.9 Å². The van der Waals surface area contributed by atoms with Gasteiger partial charge in [-0.1, -0.05) is 29.4 Å². The zero-order valence-electron chi connectivity index (χ0n) is 10.9. The van der Waals surface area contributed by atoms with Gasteiger partial charge in [0.2, 0.25) is 5.91 Å². The van der Waals surface area contributed by atoms with Crippen molar-refractivity contribution in [2.24, 2.45) is 16.3 Å². The van der Waals surface area contributed by atoms with E-state index in [2.05, 4.69) is 10.5 Å². The lowest BCUT2D eigenvalue weighted by atomic mass is 9.91. The normalized spacial score (nSPS) is 12.3. The number of amides is 1. The Morgan fingerprint density at radius 2 is 2.06 bits per heavy atom. The van der Waals surface area contributed by atoms with Crippen LogP contribution >= 0.6 is 0 Å². The standard InChI is InChI=1S/C13H19N3O2/c1-9-6-4-5-7-10(9)8-15-12(17)13(2,3)11(14)16-18/h4-7,18H,8H2,1-3H3,(H2,14,16)(H,15,17). The van der Waals surface area contributed by atoms with Gasteiger partial charge in [-0.25, -0.2) is 0 Å². The summed E-state index contributed by atoms with van der Waals surface area (Å²) in [4.78, 5) is 12.0. The molecule has 5 nitrogen and oxygen atoms in total. The predicted molar refractivity (Wildman–Crippen MR) is 70.2 cm³/mol. The molecular formula is C13H19N3O2. The number of nitrogens with two attached hydrogens (primary N) is 1. The number of amidine groups is 1. The van der Waals surface area contributed by atoms with Crippen LogP contribution in [0, 0.1) is 12.3 Å². The van der Waals surface area contributed by atoms with Crippen LogP contribution in [0.3, 0.4) is 0 Å². The Kier molecular flexibility index (Phi) is 4.31. The summed E-state index contributed by atoms with van der Waals surface area (Å²) in [6.07, 6.45) is 0. The van der Waals surface area contributed by atoms with Gasteiger partial charge >= 0.3 is 0 Å². The molecule has 1 rings (SSSR count). The van der Waals surface area contributed by atoms with Gasteiger partial charge in [0.05, 0.1) is 0 Å². The second-order valence-corrected chi connectivity index (χ2v) is 4.72. The minimum Gasteiger partial charge on any atom is -0.409 e. The van der Waals surface area contributed by atoms with E-state index in [0.29, 0.717) is 6.54 Å². The molecule has 0 spiro atoms. The highest BCUT2D eigenvalue weighted by atomic mass is 16.4. The average molecular weight is 249 g/mol. The van der Waals surface area contributed by atoms with Crippen molar-refractivity contribution in [2.75, 3.05) is 0 Å². The van der Waals surface area contributed by atoms with Crippen LogP contribution in [0.5, 0.6) is 0 Å². The summed E-state index contributed by atoms with van der Waals surface area (Å²) >= 11 is 0. The first-order valence-corrected chi connectivity index (χ1v) is 5.70. The molecule has 0 radical (unpaired) electrons. The molecule has 0 heterocycles. The fourth-order valence-corrected chi connectivity index (χ4v) is 1.45. The molecule has 0 saturated carbocycles. The Labute approximate surface area is 107 Å². The smallest absolute Gasteiger partial charge is 0.233 e. The van der Waals surface area contributed by atoms with Gasteiger partial charge in [0.1, 0.15) is 5.41 Å². The molecule has 0 aliphatic carbocycles. The summed E-state index contributed by atoms with van der Waals surface area (Å²) in [5.41, 5.74) is 6.61. The number of nitrogens with zero attached hydrogens (tertiary/aromatic N) is 1. The molecule has 98 valence electrons. The number of carbonyl (C=O) groups is 1. The Balaban J connectivity index is 2.70. The number of rotatable bonds is 4. The van der Waals surface area contributed by atoms with Crippen molar-refractivity contribution >= 4 is 11.7 Å². The van der Waals surface area contributed by atoms with Gasteiger partial charge in [-0.2, -0.15) is 0 Å². The molecule has 1 aromatic carbocycles. The van der Waals surface area contributed by atoms with Crippen molar-refractivity contribution in [1.82, 2.24) is 5.32 Å². The largest absolute Gasteiger partial charge is 0.409 e. The first-order chi connectivity index (χ1) is 8.39. The molecule has 0 aliphatic rings. The molecule has 0 unspecified atom stereocenters. The number of carbonyl (C=O) groups excluding carboxylic acids is 1. The lowest BCUT2D eigenvalue weighted by Crippen LogP contribution is -2.45. The molecule has 1 aromatic rings. The van der Waals surface area contributed by atoms with Gasteiger partial charge in [-0.3, -0.25) is 4.79 Å². The highest BCUT2D eigenvalue weighted by Crippen LogP contribution is 2.16. The van der Waals surface area contributed by atoms with Crippen LogP contribution in [0.4, 0.5) is 0 Å². The predicted octanol–water partition coefficient (Wildman–Crippen LogP) is 1.38. The summed E-state index contributed by atoms with van der Waals surface area (Å²) in [6.45, 7) is 5.62. The maximum atomic E-state index is 12.0. The maximum Gasteiger partial charge on any atom is 0.233 e. The molecule has 0 saturated heterocycles. The van der Waals surface area contributed by atoms with Crippen molar-refractivity contribution in [3.63, 3.8) is 0 Å². The lowest BCUT2D eigenvalue weighted by molar-refractivity contribution is -0.126. The van der Waals surface area contributed by atoms with Crippen LogP contribution in [0.15, 0.2) is 29.4 Å². The van der Waals surface area contributed by atoms with E-state index in [1.54, 1.807) is 13.8 Å². The second-order valence-electron chi connectivity index (χ2n) is 4.72. The van der Waals surface area contributed by atoms with Gasteiger partial charge in [0, 0.05) is 6.54 Å². The zero-order valence-corrected chi connectivity index (χ0v) is 10.9. The van der Waals surface area contributed by atoms with E-state index in [1.807, 2.05) is 31.2 Å². The van der Waals surface area contributed by atoms with E-state index >= 15 is 0 Å². The van der Waals surface area contributed by atoms with Crippen molar-refractivity contribution < 1.29 is 10.0 Å². The second kappa shape index (κ2) is 5.53. The van der Waals surface area contributed by atoms with Crippen LogP contribution in [0.1, 0.15) is 25.0 Å². The summed E-state index contributed by atoms with van der Waals surface area (Å²) in [7, 11) is 0. The number of oxime groups is 1. The highest BCUT2D eigenvalue weighted by Gasteiger charge is 2.32. The number of benzene rings is 1. The van der Waals surface area contributed by atoms with Crippen molar-refractivity contribution in [3.8, 4) is 0 Å². The molecule has 0 aromatic heterocycles. The Morgan fingerprint density at radius 1 is 1.44 bits per heavy atom. The van der Waals surface area contributed by atoms with Gasteiger partial charge in [0.15, 0.2) is 5.84 Å². The van der Waals surface area contributed by atoms with Gasteiger partial charge in [0.25, 0.3) is 0 Å². The molecule has 0 aliphatic heterocycles. The highest BCUT2D eigenvalue weighted by molar-refractivity contribution is 6.05. The molecule has 0 fully saturated rings. The lowest BCUT2D eigenvalue weighted by Gasteiger charge is -2.22. The van der Waals surface area contributed by atoms with E-state index in [9.17, 15) is 4.79 Å². The molecule has 18 heavy (non-hydrogen) atoms. The zero-order chi connectivity index (χ0) is 13.8. The van der Waals surface area contributed by atoms with Crippen LogP contribution in [-0.2, 0) is 11.3 Å². The summed E-state index contributed by atoms with van der Waals surface area (Å²) in [5.74, 6) is -0.383. The minimum atomic E-state index is -1.03. The third-order valence-electron chi connectivity index (χ3n) is 3.02. The number of nitrogens with one attached hydrogen (secondary N) is 1. The van der Waals surface area contributed by atoms with Crippen LogP contribution < -0.4 is 11.1 Å². The Hall–Kier alpha value is -2.04. The summed E-state index contributed by atoms with van der Waals surface area (Å²) in [5, 5.41) is 14.3. The quantitative estimate of drug-likeness (QED) is 0.326. The molecule has 0 atom stereocenters. The average Bonchev–Trinajstić information content (AvgIpc) is 2.36. The van der Waals surface area contributed by atoms with Gasteiger partial charge in [-0.05, 0) is 31.9 Å². The van der Waals surface area contributed by atoms with E-state index in [-0.39, 0.29) is 11.7 Å². The molecule has 1 amide bonds. The van der Waals surface area contributed by atoms with E-state index in [0.717, 1.165) is 11.1 Å². The fourth-order valence-electron chi connectivity index (χ4n) is 1.45. The number of hydrogen-bond donors (Lipinski definition) is 3. The number of aryl methyl sites for hydroxylation is 1. The first kappa shape index (κ1) is 14.0.